The van der Waals surface area contributed by atoms with Crippen LogP contribution in [0.25, 0.3) is 11.3 Å². The lowest BCUT2D eigenvalue weighted by atomic mass is 10.1. The average Bonchev–Trinajstić information content (AvgIpc) is 3.47. The zero-order chi connectivity index (χ0) is 23.4. The summed E-state index contributed by atoms with van der Waals surface area (Å²) < 4.78 is 0. The van der Waals surface area contributed by atoms with Crippen molar-refractivity contribution in [1.82, 2.24) is 19.9 Å². The molecular weight excluding hydrogens is 418 g/mol. The Kier molecular flexibility index (Phi) is 6.17. The largest absolute Gasteiger partial charge is 0.382 e. The Morgan fingerprint density at radius 3 is 2.70 bits per heavy atom. The van der Waals surface area contributed by atoms with E-state index in [-0.39, 0.29) is 23.7 Å². The molecular formula is C24H23N7O2. The number of nitrogens with zero attached hydrogens (tertiary/aromatic N) is 3. The molecule has 0 bridgehead atoms. The molecule has 0 saturated carbocycles. The maximum Gasteiger partial charge on any atom is 0.299 e. The fourth-order valence-electron chi connectivity index (χ4n) is 3.83. The first kappa shape index (κ1) is 21.8. The van der Waals surface area contributed by atoms with Gasteiger partial charge in [-0.25, -0.2) is 9.97 Å². The number of imidazole rings is 1. The average molecular weight is 441 g/mol. The third-order valence-electron chi connectivity index (χ3n) is 5.38. The molecule has 1 fully saturated rings. The van der Waals surface area contributed by atoms with Gasteiger partial charge in [-0.1, -0.05) is 24.1 Å². The third-order valence-corrected chi connectivity index (χ3v) is 5.38. The molecule has 166 valence electrons. The molecule has 1 atom stereocenters. The zero-order valence-corrected chi connectivity index (χ0v) is 18.1. The molecule has 2 aromatic heterocycles. The normalized spacial score (nSPS) is 14.9. The number of aromatic nitrogens is 3. The molecule has 4 rings (SSSR count). The van der Waals surface area contributed by atoms with Crippen molar-refractivity contribution < 1.29 is 9.59 Å². The molecule has 3 heterocycles. The van der Waals surface area contributed by atoms with Crippen molar-refractivity contribution in [1.29, 1.82) is 5.41 Å². The van der Waals surface area contributed by atoms with Gasteiger partial charge in [0.25, 0.3) is 11.8 Å². The van der Waals surface area contributed by atoms with Gasteiger partial charge in [0.1, 0.15) is 23.2 Å². The van der Waals surface area contributed by atoms with Gasteiger partial charge >= 0.3 is 0 Å². The molecule has 1 saturated heterocycles. The van der Waals surface area contributed by atoms with Crippen molar-refractivity contribution in [3.63, 3.8) is 0 Å². The highest BCUT2D eigenvalue weighted by molar-refractivity contribution is 6.04. The van der Waals surface area contributed by atoms with Gasteiger partial charge in [-0.15, -0.1) is 0 Å². The van der Waals surface area contributed by atoms with Crippen LogP contribution >= 0.6 is 0 Å². The number of H-pyrrole nitrogens is 1. The fourth-order valence-corrected chi connectivity index (χ4v) is 3.83. The number of benzene rings is 1. The molecule has 0 aliphatic carbocycles. The maximum absolute atomic E-state index is 12.5. The van der Waals surface area contributed by atoms with Crippen LogP contribution in [0, 0.1) is 17.3 Å². The second kappa shape index (κ2) is 9.36. The number of carbonyl (C=O) groups excluding carboxylic acids is 2. The van der Waals surface area contributed by atoms with Crippen LogP contribution in [0.5, 0.6) is 0 Å². The van der Waals surface area contributed by atoms with Gasteiger partial charge in [-0.2, -0.15) is 0 Å². The van der Waals surface area contributed by atoms with E-state index in [9.17, 15) is 9.59 Å². The number of hydrogen-bond acceptors (Lipinski definition) is 5. The van der Waals surface area contributed by atoms with Crippen molar-refractivity contribution in [3.8, 4) is 23.1 Å². The molecule has 1 aliphatic rings. The van der Waals surface area contributed by atoms with Crippen molar-refractivity contribution in [2.24, 2.45) is 5.73 Å². The lowest BCUT2D eigenvalue weighted by Crippen LogP contribution is -2.30. The van der Waals surface area contributed by atoms with Gasteiger partial charge in [0.2, 0.25) is 0 Å². The third kappa shape index (κ3) is 4.60. The van der Waals surface area contributed by atoms with Crippen LogP contribution < -0.4 is 11.1 Å². The Bertz CT molecular complexity index is 1250. The molecule has 33 heavy (non-hydrogen) atoms. The van der Waals surface area contributed by atoms with Gasteiger partial charge in [-0.05, 0) is 50.0 Å². The van der Waals surface area contributed by atoms with E-state index >= 15 is 0 Å². The van der Waals surface area contributed by atoms with Crippen molar-refractivity contribution in [3.05, 3.63) is 65.7 Å². The second-order valence-electron chi connectivity index (χ2n) is 7.54. The summed E-state index contributed by atoms with van der Waals surface area (Å²) in [5, 5.41) is 10.7. The summed E-state index contributed by atoms with van der Waals surface area (Å²) in [5.41, 5.74) is 7.83. The van der Waals surface area contributed by atoms with Gasteiger partial charge in [-0.3, -0.25) is 15.0 Å². The number of rotatable bonds is 5. The highest BCUT2D eigenvalue weighted by Gasteiger charge is 2.32. The van der Waals surface area contributed by atoms with Crippen molar-refractivity contribution >= 4 is 23.5 Å². The van der Waals surface area contributed by atoms with E-state index in [0.29, 0.717) is 40.7 Å². The van der Waals surface area contributed by atoms with E-state index in [1.54, 1.807) is 60.5 Å². The highest BCUT2D eigenvalue weighted by Crippen LogP contribution is 2.33. The molecule has 1 aromatic carbocycles. The molecule has 3 aromatic rings. The summed E-state index contributed by atoms with van der Waals surface area (Å²) in [5.74, 6) is 5.56. The summed E-state index contributed by atoms with van der Waals surface area (Å²) in [4.78, 5) is 38.4. The Morgan fingerprint density at radius 1 is 1.24 bits per heavy atom. The second-order valence-corrected chi connectivity index (χ2v) is 7.54. The molecule has 9 nitrogen and oxygen atoms in total. The number of nitrogens with two attached hydrogens (primary N) is 1. The minimum Gasteiger partial charge on any atom is -0.382 e. The van der Waals surface area contributed by atoms with E-state index in [4.69, 9.17) is 11.1 Å². The van der Waals surface area contributed by atoms with Crippen LogP contribution in [0.1, 0.15) is 47.7 Å². The van der Waals surface area contributed by atoms with E-state index in [1.165, 1.54) is 0 Å². The lowest BCUT2D eigenvalue weighted by Gasteiger charge is -2.20. The number of anilines is 1. The van der Waals surface area contributed by atoms with Gasteiger partial charge in [0.15, 0.2) is 0 Å². The predicted molar refractivity (Wildman–Crippen MR) is 124 cm³/mol. The molecule has 1 aliphatic heterocycles. The van der Waals surface area contributed by atoms with E-state index < -0.39 is 0 Å². The summed E-state index contributed by atoms with van der Waals surface area (Å²) in [7, 11) is 0. The zero-order valence-electron chi connectivity index (χ0n) is 18.1. The van der Waals surface area contributed by atoms with Gasteiger partial charge in [0, 0.05) is 23.9 Å². The first-order valence-corrected chi connectivity index (χ1v) is 10.5. The van der Waals surface area contributed by atoms with E-state index in [2.05, 4.69) is 32.1 Å². The Morgan fingerprint density at radius 2 is 2.03 bits per heavy atom. The molecule has 0 radical (unpaired) electrons. The van der Waals surface area contributed by atoms with E-state index in [0.717, 1.165) is 12.8 Å². The number of nitrogens with one attached hydrogen (secondary N) is 3. The quantitative estimate of drug-likeness (QED) is 0.274. The minimum atomic E-state index is -0.285. The number of likely N-dealkylation sites (tertiary alicyclic amines) is 1. The number of amides is 2. The predicted octanol–water partition coefficient (Wildman–Crippen LogP) is 2.69. The minimum absolute atomic E-state index is 0.162. The van der Waals surface area contributed by atoms with Crippen LogP contribution in [0.2, 0.25) is 0 Å². The SMILES string of the molecule is CC#CC(=O)N1CCC[C@H]1c1nc(-c2ccc(C(=O)Nc3ccccn3)cc2)c(C(=N)N)[nH]1. The number of carbonyl (C=O) groups is 2. The van der Waals surface area contributed by atoms with Crippen LogP contribution in [-0.4, -0.2) is 44.0 Å². The molecule has 0 spiro atoms. The lowest BCUT2D eigenvalue weighted by molar-refractivity contribution is -0.126. The monoisotopic (exact) mass is 441 g/mol. The van der Waals surface area contributed by atoms with E-state index in [1.807, 2.05) is 0 Å². The molecule has 9 heteroatoms. The topological polar surface area (TPSA) is 141 Å². The van der Waals surface area contributed by atoms with Crippen LogP contribution in [0.4, 0.5) is 5.82 Å². The highest BCUT2D eigenvalue weighted by atomic mass is 16.2. The number of aromatic amines is 1. The number of amidine groups is 1. The molecule has 2 amide bonds. The Hall–Kier alpha value is -4.45. The van der Waals surface area contributed by atoms with Crippen molar-refractivity contribution in [2.45, 2.75) is 25.8 Å². The van der Waals surface area contributed by atoms with Crippen LogP contribution in [0.15, 0.2) is 48.7 Å². The van der Waals surface area contributed by atoms with Crippen LogP contribution in [0.3, 0.4) is 0 Å². The summed E-state index contributed by atoms with van der Waals surface area (Å²) in [6.45, 7) is 2.23. The number of pyridine rings is 1. The standard InChI is InChI=1S/C24H23N7O2/c1-2-6-19(32)31-14-5-7-17(31)23-29-20(21(30-23)22(25)26)15-9-11-16(12-10-15)24(33)28-18-8-3-4-13-27-18/h3-4,8-13,17H,5,7,14H2,1H3,(H3,25,26)(H,29,30)(H,27,28,33)/t17-/m0/s1. The maximum atomic E-state index is 12.5. The molecule has 5 N–H and O–H groups in total. The number of nitrogen functional groups attached to an aromatic ring is 1. The first-order valence-electron chi connectivity index (χ1n) is 10.5. The van der Waals surface area contributed by atoms with Crippen molar-refractivity contribution in [2.75, 3.05) is 11.9 Å². The summed E-state index contributed by atoms with van der Waals surface area (Å²) >= 11 is 0. The molecule has 0 unspecified atom stereocenters. The number of hydrogen-bond donors (Lipinski definition) is 4. The smallest absolute Gasteiger partial charge is 0.299 e. The summed E-state index contributed by atoms with van der Waals surface area (Å²) in [6.07, 6.45) is 3.19. The fraction of sp³-hybridized carbons (Fsp3) is 0.208. The Balaban J connectivity index is 1.60. The first-order chi connectivity index (χ1) is 16.0. The van der Waals surface area contributed by atoms with Crippen LogP contribution in [-0.2, 0) is 4.79 Å². The van der Waals surface area contributed by atoms with Gasteiger partial charge in [0.05, 0.1) is 11.7 Å². The summed E-state index contributed by atoms with van der Waals surface area (Å²) in [6, 6.07) is 11.9. The Labute approximate surface area is 190 Å². The van der Waals surface area contributed by atoms with Gasteiger partial charge < -0.3 is 20.9 Å².